The largest absolute Gasteiger partial charge is 0.494 e. The Kier molecular flexibility index (Phi) is 7.13. The number of benzene rings is 2. The van der Waals surface area contributed by atoms with Crippen molar-refractivity contribution < 1.29 is 14.2 Å². The lowest BCUT2D eigenvalue weighted by molar-refractivity contribution is -0.763. The summed E-state index contributed by atoms with van der Waals surface area (Å²) in [4.78, 5) is 30.9. The maximum absolute atomic E-state index is 13.3. The van der Waals surface area contributed by atoms with E-state index in [9.17, 15) is 9.59 Å². The van der Waals surface area contributed by atoms with Gasteiger partial charge in [-0.3, -0.25) is 14.6 Å². The van der Waals surface area contributed by atoms with Crippen molar-refractivity contribution >= 4 is 23.4 Å². The summed E-state index contributed by atoms with van der Waals surface area (Å²) >= 11 is 1.53. The topological polar surface area (TPSA) is 79.2 Å². The highest BCUT2D eigenvalue weighted by Crippen LogP contribution is 2.37. The van der Waals surface area contributed by atoms with E-state index >= 15 is 0 Å². The number of thioether (sulfide) groups is 1. The van der Waals surface area contributed by atoms with E-state index in [0.29, 0.717) is 34.5 Å². The second-order valence-corrected chi connectivity index (χ2v) is 8.98. The number of aromatic nitrogens is 3. The molecule has 2 heterocycles. The number of fused-ring (bicyclic) bond motifs is 3. The van der Waals surface area contributed by atoms with Crippen molar-refractivity contribution in [1.82, 2.24) is 10.1 Å². The molecule has 0 radical (unpaired) electrons. The van der Waals surface area contributed by atoms with Gasteiger partial charge in [0.2, 0.25) is 11.1 Å². The lowest BCUT2D eigenvalue weighted by Crippen LogP contribution is -2.60. The maximum Gasteiger partial charge on any atom is 0.325 e. The molecule has 0 spiro atoms. The van der Waals surface area contributed by atoms with Crippen molar-refractivity contribution in [2.75, 3.05) is 17.3 Å². The molecule has 1 amide bonds. The summed E-state index contributed by atoms with van der Waals surface area (Å²) in [5.74, 6) is 1.44. The third-order valence-corrected chi connectivity index (χ3v) is 6.50. The highest BCUT2D eigenvalue weighted by Gasteiger charge is 2.44. The van der Waals surface area contributed by atoms with E-state index in [4.69, 9.17) is 9.84 Å². The van der Waals surface area contributed by atoms with E-state index in [1.165, 1.54) is 18.7 Å². The molecule has 3 aromatic rings. The Bertz CT molecular complexity index is 1210. The number of rotatable bonds is 8. The molecule has 0 saturated carbocycles. The number of unbranched alkanes of at least 4 members (excludes halogenated alkanes) is 2. The standard InChI is InChI=1S/C25H28N4O3S/c1-4-6-9-15-33-25-26-23(31)22-20-13-7-8-14-21(20)28(17(3)30)24(29(22)27-25)18-11-10-12-19(16-18)32-5-2/h7-8,10-14,16,24H,4-6,9,15H2,1-3H3/p+1. The van der Waals surface area contributed by atoms with Crippen LogP contribution in [0, 0.1) is 0 Å². The monoisotopic (exact) mass is 465 g/mol. The molecule has 4 rings (SSSR count). The molecule has 7 nitrogen and oxygen atoms in total. The van der Waals surface area contributed by atoms with Crippen molar-refractivity contribution in [2.45, 2.75) is 51.4 Å². The van der Waals surface area contributed by atoms with Crippen molar-refractivity contribution in [3.05, 3.63) is 64.4 Å². The second-order valence-electron chi connectivity index (χ2n) is 7.89. The van der Waals surface area contributed by atoms with Crippen LogP contribution in [-0.2, 0) is 4.79 Å². The van der Waals surface area contributed by atoms with E-state index in [1.807, 2.05) is 55.5 Å². The number of H-pyrrole nitrogens is 1. The van der Waals surface area contributed by atoms with Gasteiger partial charge in [-0.15, -0.1) is 0 Å². The number of anilines is 1. The summed E-state index contributed by atoms with van der Waals surface area (Å²) in [6, 6.07) is 15.1. The number of carbonyl (C=O) groups excluding carboxylic acids is 1. The molecule has 0 aliphatic carbocycles. The van der Waals surface area contributed by atoms with Crippen LogP contribution in [0.2, 0.25) is 0 Å². The average molecular weight is 466 g/mol. The van der Waals surface area contributed by atoms with E-state index in [2.05, 4.69) is 11.9 Å². The molecule has 0 bridgehead atoms. The van der Waals surface area contributed by atoms with Gasteiger partial charge < -0.3 is 4.74 Å². The summed E-state index contributed by atoms with van der Waals surface area (Å²) in [5, 5.41) is 5.38. The van der Waals surface area contributed by atoms with Crippen LogP contribution in [0.4, 0.5) is 5.69 Å². The molecule has 172 valence electrons. The van der Waals surface area contributed by atoms with Crippen molar-refractivity contribution in [3.8, 4) is 17.0 Å². The van der Waals surface area contributed by atoms with E-state index < -0.39 is 6.17 Å². The molecule has 1 aromatic heterocycles. The second kappa shape index (κ2) is 10.2. The van der Waals surface area contributed by atoms with Crippen LogP contribution in [0.3, 0.4) is 0 Å². The molecule has 0 saturated heterocycles. The number of ether oxygens (including phenoxy) is 1. The zero-order valence-corrected chi connectivity index (χ0v) is 20.0. The third kappa shape index (κ3) is 4.66. The number of carbonyl (C=O) groups is 1. The predicted octanol–water partition coefficient (Wildman–Crippen LogP) is 4.32. The van der Waals surface area contributed by atoms with Gasteiger partial charge in [0.05, 0.1) is 17.9 Å². The summed E-state index contributed by atoms with van der Waals surface area (Å²) in [6.07, 6.45) is 2.71. The Morgan fingerprint density at radius 3 is 2.76 bits per heavy atom. The molecule has 1 N–H and O–H groups in total. The van der Waals surface area contributed by atoms with E-state index in [1.54, 1.807) is 9.58 Å². The van der Waals surface area contributed by atoms with Crippen LogP contribution in [0.5, 0.6) is 5.75 Å². The number of amides is 1. The maximum atomic E-state index is 13.3. The number of hydrogen-bond donors (Lipinski definition) is 1. The fourth-order valence-corrected chi connectivity index (χ4v) is 4.98. The number of hydrogen-bond acceptors (Lipinski definition) is 5. The van der Waals surface area contributed by atoms with Gasteiger partial charge in [0, 0.05) is 23.3 Å². The molecule has 8 heteroatoms. The first-order chi connectivity index (χ1) is 16.0. The molecule has 1 atom stereocenters. The summed E-state index contributed by atoms with van der Waals surface area (Å²) in [7, 11) is 0. The molecule has 1 aliphatic rings. The molecule has 0 fully saturated rings. The molecular weight excluding hydrogens is 436 g/mol. The van der Waals surface area contributed by atoms with E-state index in [-0.39, 0.29) is 11.5 Å². The van der Waals surface area contributed by atoms with Gasteiger partial charge in [0.15, 0.2) is 0 Å². The van der Waals surface area contributed by atoms with E-state index in [0.717, 1.165) is 30.6 Å². The summed E-state index contributed by atoms with van der Waals surface area (Å²) in [5.41, 5.74) is 2.41. The van der Waals surface area contributed by atoms with Gasteiger partial charge in [0.1, 0.15) is 5.75 Å². The first-order valence-corrected chi connectivity index (χ1v) is 12.3. The highest BCUT2D eigenvalue weighted by atomic mass is 32.2. The Morgan fingerprint density at radius 2 is 2.00 bits per heavy atom. The lowest BCUT2D eigenvalue weighted by atomic mass is 10.0. The van der Waals surface area contributed by atoms with Gasteiger partial charge in [0.25, 0.3) is 6.17 Å². The smallest absolute Gasteiger partial charge is 0.325 e. The molecule has 2 aromatic carbocycles. The minimum Gasteiger partial charge on any atom is -0.494 e. The fourth-order valence-electron chi connectivity index (χ4n) is 4.13. The Morgan fingerprint density at radius 1 is 1.18 bits per heavy atom. The quantitative estimate of drug-likeness (QED) is 0.305. The normalized spacial score (nSPS) is 14.5. The number of nitrogens with one attached hydrogen (secondary N) is 1. The summed E-state index contributed by atoms with van der Waals surface area (Å²) < 4.78 is 7.40. The molecular formula is C25H29N4O3S+. The highest BCUT2D eigenvalue weighted by molar-refractivity contribution is 7.99. The van der Waals surface area contributed by atoms with Crippen molar-refractivity contribution in [2.24, 2.45) is 0 Å². The number of aromatic amines is 1. The Balaban J connectivity index is 1.90. The van der Waals surface area contributed by atoms with Crippen LogP contribution in [0.1, 0.15) is 51.8 Å². The van der Waals surface area contributed by atoms with Crippen LogP contribution in [-0.4, -0.2) is 28.3 Å². The number of para-hydroxylation sites is 1. The van der Waals surface area contributed by atoms with Gasteiger partial charge in [-0.05, 0) is 48.4 Å². The Hall–Kier alpha value is -3.13. The van der Waals surface area contributed by atoms with Gasteiger partial charge in [-0.2, -0.15) is 0 Å². The predicted molar refractivity (Wildman–Crippen MR) is 130 cm³/mol. The van der Waals surface area contributed by atoms with Crippen LogP contribution < -0.4 is 19.9 Å². The Labute approximate surface area is 197 Å². The van der Waals surface area contributed by atoms with Crippen LogP contribution in [0.15, 0.2) is 58.5 Å². The third-order valence-electron chi connectivity index (χ3n) is 5.55. The van der Waals surface area contributed by atoms with Crippen LogP contribution in [0.25, 0.3) is 11.3 Å². The molecule has 33 heavy (non-hydrogen) atoms. The van der Waals surface area contributed by atoms with Crippen molar-refractivity contribution in [3.63, 3.8) is 0 Å². The SMILES string of the molecule is CCCCCSc1n[n+]2c(c(=O)[nH]1)-c1ccccc1N(C(C)=O)C2c1cccc(OCC)c1. The zero-order chi connectivity index (χ0) is 23.4. The molecule has 1 aliphatic heterocycles. The molecule has 1 unspecified atom stereocenters. The summed E-state index contributed by atoms with van der Waals surface area (Å²) in [6.45, 7) is 6.16. The number of nitrogens with zero attached hydrogens (tertiary/aromatic N) is 3. The van der Waals surface area contributed by atoms with Gasteiger partial charge in [-0.1, -0.05) is 49.7 Å². The average Bonchev–Trinajstić information content (AvgIpc) is 2.81. The minimum atomic E-state index is -0.606. The van der Waals surface area contributed by atoms with Crippen LogP contribution >= 0.6 is 11.8 Å². The van der Waals surface area contributed by atoms with Crippen molar-refractivity contribution in [1.29, 1.82) is 0 Å². The zero-order valence-electron chi connectivity index (χ0n) is 19.2. The van der Waals surface area contributed by atoms with Gasteiger partial charge in [-0.25, -0.2) is 4.90 Å². The minimum absolute atomic E-state index is 0.133. The lowest BCUT2D eigenvalue weighted by Gasteiger charge is -2.31. The fraction of sp³-hybridized carbons (Fsp3) is 0.360. The first kappa shape index (κ1) is 23.0. The first-order valence-electron chi connectivity index (χ1n) is 11.4. The van der Waals surface area contributed by atoms with Gasteiger partial charge >= 0.3 is 11.3 Å².